The molecule has 1 aromatic carbocycles. The smallest absolute Gasteiger partial charge is 0.255 e. The SMILES string of the molecule is CS(=O)(=O)Nc1cccc(N2CCN(C(=O)c3cccnc3)CC2)c1. The zero-order valence-electron chi connectivity index (χ0n) is 13.9. The fourth-order valence-corrected chi connectivity index (χ4v) is 3.37. The molecular weight excluding hydrogens is 340 g/mol. The third kappa shape index (κ3) is 4.48. The highest BCUT2D eigenvalue weighted by Gasteiger charge is 2.22. The summed E-state index contributed by atoms with van der Waals surface area (Å²) in [7, 11) is -3.30. The van der Waals surface area contributed by atoms with Gasteiger partial charge in [-0.2, -0.15) is 0 Å². The molecule has 1 aliphatic heterocycles. The van der Waals surface area contributed by atoms with Gasteiger partial charge in [-0.1, -0.05) is 6.07 Å². The highest BCUT2D eigenvalue weighted by molar-refractivity contribution is 7.92. The molecule has 0 spiro atoms. The van der Waals surface area contributed by atoms with Crippen LogP contribution in [0, 0.1) is 0 Å². The maximum absolute atomic E-state index is 12.4. The number of sulfonamides is 1. The van der Waals surface area contributed by atoms with E-state index in [1.54, 1.807) is 36.7 Å². The minimum atomic E-state index is -3.30. The lowest BCUT2D eigenvalue weighted by molar-refractivity contribution is 0.0746. The number of carbonyl (C=O) groups is 1. The van der Waals surface area contributed by atoms with Crippen LogP contribution in [0.3, 0.4) is 0 Å². The predicted molar refractivity (Wildman–Crippen MR) is 97.3 cm³/mol. The summed E-state index contributed by atoms with van der Waals surface area (Å²) >= 11 is 0. The van der Waals surface area contributed by atoms with E-state index in [1.165, 1.54) is 0 Å². The van der Waals surface area contributed by atoms with Crippen molar-refractivity contribution in [3.8, 4) is 0 Å². The highest BCUT2D eigenvalue weighted by Crippen LogP contribution is 2.22. The summed E-state index contributed by atoms with van der Waals surface area (Å²) in [5, 5.41) is 0. The fourth-order valence-electron chi connectivity index (χ4n) is 2.82. The number of amides is 1. The molecule has 1 saturated heterocycles. The van der Waals surface area contributed by atoms with Crippen LogP contribution in [0.1, 0.15) is 10.4 Å². The molecule has 1 aliphatic rings. The van der Waals surface area contributed by atoms with Crippen LogP contribution in [-0.2, 0) is 10.0 Å². The molecule has 25 heavy (non-hydrogen) atoms. The van der Waals surface area contributed by atoms with Gasteiger partial charge >= 0.3 is 0 Å². The molecule has 0 atom stereocenters. The van der Waals surface area contributed by atoms with Crippen LogP contribution in [0.5, 0.6) is 0 Å². The molecule has 3 rings (SSSR count). The number of nitrogens with zero attached hydrogens (tertiary/aromatic N) is 3. The van der Waals surface area contributed by atoms with Crippen molar-refractivity contribution in [2.24, 2.45) is 0 Å². The van der Waals surface area contributed by atoms with Crippen LogP contribution < -0.4 is 9.62 Å². The van der Waals surface area contributed by atoms with Crippen LogP contribution in [0.25, 0.3) is 0 Å². The molecule has 2 aromatic rings. The van der Waals surface area contributed by atoms with Crippen LogP contribution in [0.4, 0.5) is 11.4 Å². The number of benzene rings is 1. The summed E-state index contributed by atoms with van der Waals surface area (Å²) in [6.45, 7) is 2.59. The molecule has 1 aromatic heterocycles. The van der Waals surface area contributed by atoms with Crippen molar-refractivity contribution in [1.29, 1.82) is 0 Å². The van der Waals surface area contributed by atoms with Crippen molar-refractivity contribution in [1.82, 2.24) is 9.88 Å². The molecule has 0 bridgehead atoms. The lowest BCUT2D eigenvalue weighted by Gasteiger charge is -2.36. The first-order valence-electron chi connectivity index (χ1n) is 7.94. The molecule has 2 heterocycles. The zero-order valence-corrected chi connectivity index (χ0v) is 14.7. The molecule has 7 nitrogen and oxygen atoms in total. The largest absolute Gasteiger partial charge is 0.368 e. The van der Waals surface area contributed by atoms with Crippen molar-refractivity contribution in [3.05, 3.63) is 54.4 Å². The zero-order chi connectivity index (χ0) is 17.9. The van der Waals surface area contributed by atoms with Gasteiger partial charge in [-0.15, -0.1) is 0 Å². The van der Waals surface area contributed by atoms with Gasteiger partial charge in [0.1, 0.15) is 0 Å². The predicted octanol–water partition coefficient (Wildman–Crippen LogP) is 1.42. The molecule has 0 unspecified atom stereocenters. The number of anilines is 2. The van der Waals surface area contributed by atoms with Crippen LogP contribution in [0.15, 0.2) is 48.8 Å². The standard InChI is InChI=1S/C17H20N4O3S/c1-25(23,24)19-15-5-2-6-16(12-15)20-8-10-21(11-9-20)17(22)14-4-3-7-18-13-14/h2-7,12-13,19H,8-11H2,1H3. The summed E-state index contributed by atoms with van der Waals surface area (Å²) in [5.41, 5.74) is 2.06. The normalized spacial score (nSPS) is 15.1. The monoisotopic (exact) mass is 360 g/mol. The first-order chi connectivity index (χ1) is 11.9. The maximum atomic E-state index is 12.4. The minimum Gasteiger partial charge on any atom is -0.368 e. The molecule has 1 N–H and O–H groups in total. The summed E-state index contributed by atoms with van der Waals surface area (Å²) in [5.74, 6) is -0.0137. The molecule has 0 saturated carbocycles. The first-order valence-corrected chi connectivity index (χ1v) is 9.84. The van der Waals surface area contributed by atoms with Gasteiger partial charge in [0.15, 0.2) is 0 Å². The Labute approximate surface area is 147 Å². The summed E-state index contributed by atoms with van der Waals surface area (Å²) < 4.78 is 25.2. The van der Waals surface area contributed by atoms with E-state index >= 15 is 0 Å². The maximum Gasteiger partial charge on any atom is 0.255 e. The second kappa shape index (κ2) is 7.10. The van der Waals surface area contributed by atoms with Crippen LogP contribution in [-0.4, -0.2) is 56.6 Å². The van der Waals surface area contributed by atoms with E-state index in [4.69, 9.17) is 0 Å². The molecule has 0 radical (unpaired) electrons. The van der Waals surface area contributed by atoms with Gasteiger partial charge in [0.2, 0.25) is 10.0 Å². The lowest BCUT2D eigenvalue weighted by atomic mass is 10.2. The number of hydrogen-bond donors (Lipinski definition) is 1. The number of rotatable bonds is 4. The van der Waals surface area contributed by atoms with Crippen molar-refractivity contribution < 1.29 is 13.2 Å². The first kappa shape index (κ1) is 17.2. The quantitative estimate of drug-likeness (QED) is 0.892. The van der Waals surface area contributed by atoms with Gasteiger partial charge in [-0.25, -0.2) is 8.42 Å². The van der Waals surface area contributed by atoms with Gasteiger partial charge < -0.3 is 9.80 Å². The number of nitrogens with one attached hydrogen (secondary N) is 1. The summed E-state index contributed by atoms with van der Waals surface area (Å²) in [4.78, 5) is 20.4. The number of pyridine rings is 1. The average Bonchev–Trinajstić information content (AvgIpc) is 2.61. The van der Waals surface area contributed by atoms with E-state index < -0.39 is 10.0 Å². The highest BCUT2D eigenvalue weighted by atomic mass is 32.2. The van der Waals surface area contributed by atoms with Gasteiger partial charge in [-0.3, -0.25) is 14.5 Å². The van der Waals surface area contributed by atoms with Gasteiger partial charge in [0.05, 0.1) is 17.5 Å². The minimum absolute atomic E-state index is 0.0137. The number of carbonyl (C=O) groups excluding carboxylic acids is 1. The van der Waals surface area contributed by atoms with Gasteiger partial charge in [-0.05, 0) is 30.3 Å². The average molecular weight is 360 g/mol. The second-order valence-corrected chi connectivity index (χ2v) is 7.69. The molecule has 8 heteroatoms. The number of aromatic nitrogens is 1. The topological polar surface area (TPSA) is 82.6 Å². The lowest BCUT2D eigenvalue weighted by Crippen LogP contribution is -2.48. The third-order valence-corrected chi connectivity index (χ3v) is 4.60. The van der Waals surface area contributed by atoms with E-state index in [0.717, 1.165) is 11.9 Å². The molecule has 1 fully saturated rings. The van der Waals surface area contributed by atoms with E-state index in [9.17, 15) is 13.2 Å². The molecule has 0 aliphatic carbocycles. The summed E-state index contributed by atoms with van der Waals surface area (Å²) in [6.07, 6.45) is 4.35. The summed E-state index contributed by atoms with van der Waals surface area (Å²) in [6, 6.07) is 10.8. The van der Waals surface area contributed by atoms with Gasteiger partial charge in [0.25, 0.3) is 5.91 Å². The number of hydrogen-bond acceptors (Lipinski definition) is 5. The molecule has 132 valence electrons. The number of piperazine rings is 1. The van der Waals surface area contributed by atoms with Crippen LogP contribution in [0.2, 0.25) is 0 Å². The Kier molecular flexibility index (Phi) is 4.89. The van der Waals surface area contributed by atoms with E-state index in [-0.39, 0.29) is 5.91 Å². The molecular formula is C17H20N4O3S. The Morgan fingerprint density at radius 2 is 1.88 bits per heavy atom. The Bertz CT molecular complexity index is 847. The Hall–Kier alpha value is -2.61. The van der Waals surface area contributed by atoms with Crippen LogP contribution >= 0.6 is 0 Å². The van der Waals surface area contributed by atoms with E-state index in [0.29, 0.717) is 37.4 Å². The Balaban J connectivity index is 1.64. The van der Waals surface area contributed by atoms with Crippen molar-refractivity contribution in [2.75, 3.05) is 42.1 Å². The molecule has 1 amide bonds. The van der Waals surface area contributed by atoms with E-state index in [2.05, 4.69) is 14.6 Å². The third-order valence-electron chi connectivity index (χ3n) is 3.99. The van der Waals surface area contributed by atoms with E-state index in [1.807, 2.05) is 17.0 Å². The van der Waals surface area contributed by atoms with Crippen molar-refractivity contribution in [2.45, 2.75) is 0 Å². The van der Waals surface area contributed by atoms with Crippen molar-refractivity contribution in [3.63, 3.8) is 0 Å². The fraction of sp³-hybridized carbons (Fsp3) is 0.294. The Morgan fingerprint density at radius 1 is 1.12 bits per heavy atom. The Morgan fingerprint density at radius 3 is 2.52 bits per heavy atom. The van der Waals surface area contributed by atoms with Crippen molar-refractivity contribution >= 4 is 27.3 Å². The second-order valence-electron chi connectivity index (χ2n) is 5.95. The van der Waals surface area contributed by atoms with Gasteiger partial charge in [0, 0.05) is 44.3 Å².